The van der Waals surface area contributed by atoms with Gasteiger partial charge in [-0.15, -0.1) is 0 Å². The number of aromatic nitrogens is 1. The number of aromatic carboxylic acids is 1. The van der Waals surface area contributed by atoms with Gasteiger partial charge in [0.05, 0.1) is 5.56 Å². The van der Waals surface area contributed by atoms with Crippen molar-refractivity contribution in [2.24, 2.45) is 0 Å². The Bertz CT molecular complexity index is 986. The number of rotatable bonds is 3. The maximum absolute atomic E-state index is 10.9. The zero-order valence-electron chi connectivity index (χ0n) is 13.1. The SMILES string of the molecule is O=C(O)c1ccc(-c2ccc(C3=Cc4cc(Cl)ccc4OC3)[nH]2)cc1. The number of hydrogen-bond acceptors (Lipinski definition) is 2. The van der Waals surface area contributed by atoms with Gasteiger partial charge in [0.2, 0.25) is 0 Å². The smallest absolute Gasteiger partial charge is 0.335 e. The third-order valence-corrected chi connectivity index (χ3v) is 4.39. The minimum atomic E-state index is -0.930. The van der Waals surface area contributed by atoms with Crippen molar-refractivity contribution >= 4 is 29.2 Å². The molecule has 2 aromatic carbocycles. The van der Waals surface area contributed by atoms with E-state index in [1.807, 2.05) is 30.3 Å². The van der Waals surface area contributed by atoms with Gasteiger partial charge in [-0.2, -0.15) is 0 Å². The van der Waals surface area contributed by atoms with Crippen LogP contribution in [-0.4, -0.2) is 22.7 Å². The summed E-state index contributed by atoms with van der Waals surface area (Å²) < 4.78 is 5.79. The Morgan fingerprint density at radius 3 is 2.56 bits per heavy atom. The number of carboxylic acid groups (broad SMARTS) is 1. The van der Waals surface area contributed by atoms with E-state index >= 15 is 0 Å². The molecule has 1 aliphatic rings. The van der Waals surface area contributed by atoms with E-state index in [1.54, 1.807) is 24.3 Å². The van der Waals surface area contributed by atoms with Crippen LogP contribution in [0.5, 0.6) is 5.75 Å². The van der Waals surface area contributed by atoms with Gasteiger partial charge >= 0.3 is 5.97 Å². The molecule has 2 N–H and O–H groups in total. The maximum Gasteiger partial charge on any atom is 0.335 e. The Kier molecular flexibility index (Phi) is 3.82. The number of H-pyrrole nitrogens is 1. The maximum atomic E-state index is 10.9. The Balaban J connectivity index is 1.64. The van der Waals surface area contributed by atoms with E-state index in [1.165, 1.54) is 0 Å². The average Bonchev–Trinajstić information content (AvgIpc) is 3.11. The fourth-order valence-corrected chi connectivity index (χ4v) is 3.03. The third kappa shape index (κ3) is 3.04. The fraction of sp³-hybridized carbons (Fsp3) is 0.0500. The first kappa shape index (κ1) is 15.5. The first-order valence-corrected chi connectivity index (χ1v) is 8.14. The van der Waals surface area contributed by atoms with Crippen LogP contribution in [0.1, 0.15) is 21.6 Å². The van der Waals surface area contributed by atoms with Crippen LogP contribution in [0.15, 0.2) is 54.6 Å². The van der Waals surface area contributed by atoms with Crippen molar-refractivity contribution in [1.29, 1.82) is 0 Å². The van der Waals surface area contributed by atoms with Gasteiger partial charge in [0.1, 0.15) is 12.4 Å². The second kappa shape index (κ2) is 6.15. The van der Waals surface area contributed by atoms with Crippen LogP contribution < -0.4 is 4.74 Å². The Labute approximate surface area is 149 Å². The third-order valence-electron chi connectivity index (χ3n) is 4.16. The highest BCUT2D eigenvalue weighted by Crippen LogP contribution is 2.33. The lowest BCUT2D eigenvalue weighted by molar-refractivity contribution is 0.0697. The predicted octanol–water partition coefficient (Wildman–Crippen LogP) is 4.97. The highest BCUT2D eigenvalue weighted by Gasteiger charge is 2.15. The summed E-state index contributed by atoms with van der Waals surface area (Å²) >= 11 is 6.06. The van der Waals surface area contributed by atoms with Gasteiger partial charge < -0.3 is 14.8 Å². The summed E-state index contributed by atoms with van der Waals surface area (Å²) in [5.74, 6) is -0.107. The zero-order valence-corrected chi connectivity index (χ0v) is 13.9. The molecular formula is C20H14ClNO3. The lowest BCUT2D eigenvalue weighted by Crippen LogP contribution is -2.06. The molecule has 4 nitrogen and oxygen atoms in total. The highest BCUT2D eigenvalue weighted by atomic mass is 35.5. The molecule has 0 amide bonds. The van der Waals surface area contributed by atoms with Crippen LogP contribution >= 0.6 is 11.6 Å². The summed E-state index contributed by atoms with van der Waals surface area (Å²) in [5, 5.41) is 9.65. The van der Waals surface area contributed by atoms with E-state index in [-0.39, 0.29) is 5.56 Å². The van der Waals surface area contributed by atoms with Crippen molar-refractivity contribution in [3.63, 3.8) is 0 Å². The molecule has 1 aliphatic heterocycles. The Morgan fingerprint density at radius 1 is 1.04 bits per heavy atom. The molecule has 0 spiro atoms. The number of carboxylic acids is 1. The van der Waals surface area contributed by atoms with Crippen molar-refractivity contribution < 1.29 is 14.6 Å². The normalized spacial score (nSPS) is 12.9. The van der Waals surface area contributed by atoms with Crippen molar-refractivity contribution in [2.45, 2.75) is 0 Å². The van der Waals surface area contributed by atoms with E-state index in [9.17, 15) is 4.79 Å². The minimum absolute atomic E-state index is 0.271. The molecule has 1 aromatic heterocycles. The average molecular weight is 352 g/mol. The standard InChI is InChI=1S/C20H14ClNO3/c21-16-5-8-19-14(10-16)9-15(11-25-19)18-7-6-17(22-18)12-1-3-13(4-2-12)20(23)24/h1-10,22H,11H2,(H,23,24). The van der Waals surface area contributed by atoms with E-state index in [2.05, 4.69) is 11.1 Å². The monoisotopic (exact) mass is 351 g/mol. The zero-order chi connectivity index (χ0) is 17.4. The molecule has 3 aromatic rings. The van der Waals surface area contributed by atoms with Crippen molar-refractivity contribution in [3.05, 3.63) is 76.4 Å². The van der Waals surface area contributed by atoms with Crippen LogP contribution in [0.4, 0.5) is 0 Å². The fourth-order valence-electron chi connectivity index (χ4n) is 2.85. The summed E-state index contributed by atoms with van der Waals surface area (Å²) in [7, 11) is 0. The van der Waals surface area contributed by atoms with Gasteiger partial charge in [-0.3, -0.25) is 0 Å². The molecule has 5 heteroatoms. The van der Waals surface area contributed by atoms with Crippen molar-refractivity contribution in [2.75, 3.05) is 6.61 Å². The summed E-state index contributed by atoms with van der Waals surface area (Å²) in [4.78, 5) is 14.3. The molecule has 124 valence electrons. The van der Waals surface area contributed by atoms with Gasteiger partial charge in [0, 0.05) is 27.5 Å². The quantitative estimate of drug-likeness (QED) is 0.700. The lowest BCUT2D eigenvalue weighted by atomic mass is 10.1. The Hall–Kier alpha value is -2.98. The van der Waals surface area contributed by atoms with Crippen LogP contribution in [0.25, 0.3) is 22.9 Å². The first-order chi connectivity index (χ1) is 12.1. The van der Waals surface area contributed by atoms with Crippen molar-refractivity contribution in [3.8, 4) is 17.0 Å². The van der Waals surface area contributed by atoms with Gasteiger partial charge in [-0.25, -0.2) is 4.79 Å². The predicted molar refractivity (Wildman–Crippen MR) is 98.0 cm³/mol. The molecule has 0 aliphatic carbocycles. The molecule has 0 bridgehead atoms. The molecule has 0 saturated heterocycles. The number of ether oxygens (including phenoxy) is 1. The second-order valence-corrected chi connectivity index (χ2v) is 6.25. The highest BCUT2D eigenvalue weighted by molar-refractivity contribution is 6.30. The minimum Gasteiger partial charge on any atom is -0.488 e. The first-order valence-electron chi connectivity index (χ1n) is 7.76. The number of benzene rings is 2. The molecule has 0 unspecified atom stereocenters. The number of nitrogens with one attached hydrogen (secondary N) is 1. The van der Waals surface area contributed by atoms with Gasteiger partial charge in [0.25, 0.3) is 0 Å². The molecule has 0 atom stereocenters. The molecular weight excluding hydrogens is 338 g/mol. The van der Waals surface area contributed by atoms with Crippen molar-refractivity contribution in [1.82, 2.24) is 4.98 Å². The van der Waals surface area contributed by atoms with Crippen LogP contribution in [0, 0.1) is 0 Å². The number of carbonyl (C=O) groups is 1. The van der Waals surface area contributed by atoms with Gasteiger partial charge in [0.15, 0.2) is 0 Å². The van der Waals surface area contributed by atoms with Crippen LogP contribution in [0.3, 0.4) is 0 Å². The summed E-state index contributed by atoms with van der Waals surface area (Å²) in [6, 6.07) is 16.3. The van der Waals surface area contributed by atoms with E-state index < -0.39 is 5.97 Å². The van der Waals surface area contributed by atoms with Gasteiger partial charge in [-0.1, -0.05) is 23.7 Å². The lowest BCUT2D eigenvalue weighted by Gasteiger charge is -2.17. The summed E-state index contributed by atoms with van der Waals surface area (Å²) in [6.45, 7) is 0.479. The largest absolute Gasteiger partial charge is 0.488 e. The van der Waals surface area contributed by atoms with Crippen LogP contribution in [-0.2, 0) is 0 Å². The number of fused-ring (bicyclic) bond motifs is 1. The van der Waals surface area contributed by atoms with E-state index in [0.29, 0.717) is 11.6 Å². The van der Waals surface area contributed by atoms with Crippen LogP contribution in [0.2, 0.25) is 5.02 Å². The molecule has 4 rings (SSSR count). The molecule has 25 heavy (non-hydrogen) atoms. The molecule has 0 fully saturated rings. The Morgan fingerprint density at radius 2 is 1.80 bits per heavy atom. The number of hydrogen-bond donors (Lipinski definition) is 2. The molecule has 0 saturated carbocycles. The topological polar surface area (TPSA) is 62.3 Å². The molecule has 2 heterocycles. The van der Waals surface area contributed by atoms with E-state index in [4.69, 9.17) is 21.4 Å². The second-order valence-electron chi connectivity index (χ2n) is 5.81. The number of aromatic amines is 1. The van der Waals surface area contributed by atoms with Gasteiger partial charge in [-0.05, 0) is 54.1 Å². The summed E-state index contributed by atoms with van der Waals surface area (Å²) in [5.41, 5.74) is 5.07. The summed E-state index contributed by atoms with van der Waals surface area (Å²) in [6.07, 6.45) is 2.06. The molecule has 0 radical (unpaired) electrons. The van der Waals surface area contributed by atoms with E-state index in [0.717, 1.165) is 33.8 Å². The number of halogens is 1.